The van der Waals surface area contributed by atoms with E-state index in [2.05, 4.69) is 19.7 Å². The molecule has 10 N–H and O–H groups in total. The van der Waals surface area contributed by atoms with Gasteiger partial charge in [0.2, 0.25) is 33.4 Å². The molecule has 0 radical (unpaired) electrons. The van der Waals surface area contributed by atoms with Crippen LogP contribution in [0.15, 0.2) is 80.5 Å². The molecule has 1 aromatic heterocycles. The molecule has 1 aliphatic carbocycles. The summed E-state index contributed by atoms with van der Waals surface area (Å²) in [6.45, 7) is 11.2. The van der Waals surface area contributed by atoms with Gasteiger partial charge in [-0.05, 0) is 64.3 Å². The summed E-state index contributed by atoms with van der Waals surface area (Å²) in [5.74, 6) is -3.20. The van der Waals surface area contributed by atoms with E-state index in [0.29, 0.717) is 54.2 Å². The van der Waals surface area contributed by atoms with Crippen LogP contribution in [-0.2, 0) is 40.6 Å². The predicted octanol–water partition coefficient (Wildman–Crippen LogP) is 2.06. The van der Waals surface area contributed by atoms with Gasteiger partial charge in [-0.2, -0.15) is 17.9 Å². The molecule has 28 heteroatoms. The van der Waals surface area contributed by atoms with E-state index in [9.17, 15) is 40.8 Å². The first kappa shape index (κ1) is 57.4. The number of carboxylic acids is 1. The van der Waals surface area contributed by atoms with Crippen molar-refractivity contribution in [2.75, 3.05) is 72.0 Å². The molecule has 3 aromatic rings. The number of carbonyl (C=O) groups is 5. The summed E-state index contributed by atoms with van der Waals surface area (Å²) in [5, 5.41) is 8.07. The van der Waals surface area contributed by atoms with Crippen molar-refractivity contribution < 1.29 is 55.4 Å². The Bertz CT molecular complexity index is 2950. The lowest BCUT2D eigenvalue weighted by molar-refractivity contribution is -0.192. The summed E-state index contributed by atoms with van der Waals surface area (Å²) in [5.41, 5.74) is 23.9. The Morgan fingerprint density at radius 1 is 0.840 bits per heavy atom. The number of para-hydroxylation sites is 1. The van der Waals surface area contributed by atoms with E-state index >= 15 is 0 Å². The molecule has 0 bridgehead atoms. The van der Waals surface area contributed by atoms with Gasteiger partial charge < -0.3 is 57.3 Å². The van der Waals surface area contributed by atoms with E-state index in [4.69, 9.17) is 60.8 Å². The molecule has 4 aliphatic heterocycles. The first-order valence-corrected chi connectivity index (χ1v) is 25.8. The SMILES string of the molecule is Cc1ccc2cccc(OCc3c(Cl)ccc(S(=O)(=O)NC(C)(C)C(=O)N4CCN(C(=O)C(CCCCN=C(N)N)N=C(N)N)CC4)c3Cl)c2n1.O=C(O)C(F)(F)F.O=C1C=C(N2CC2)C(=O)C(N2CC2)=C1N1CC1. The number of halogens is 5. The predicted molar refractivity (Wildman–Crippen MR) is 272 cm³/mol. The van der Waals surface area contributed by atoms with Crippen LogP contribution in [0.4, 0.5) is 13.2 Å². The lowest BCUT2D eigenvalue weighted by Gasteiger charge is -2.39. The van der Waals surface area contributed by atoms with Crippen molar-refractivity contribution in [3.8, 4) is 5.75 Å². The number of rotatable bonds is 17. The number of sulfonamides is 1. The number of piperazine rings is 1. The van der Waals surface area contributed by atoms with Gasteiger partial charge in [0.1, 0.15) is 45.7 Å². The maximum atomic E-state index is 13.7. The number of aliphatic carboxylic acids is 1. The highest BCUT2D eigenvalue weighted by atomic mass is 35.5. The van der Waals surface area contributed by atoms with Gasteiger partial charge in [0.15, 0.2) is 11.9 Å². The molecule has 0 spiro atoms. The molecule has 1 unspecified atom stereocenters. The molecule has 75 heavy (non-hydrogen) atoms. The minimum atomic E-state index is -5.08. The number of ether oxygens (including phenoxy) is 1. The lowest BCUT2D eigenvalue weighted by atomic mass is 10.0. The summed E-state index contributed by atoms with van der Waals surface area (Å²) >= 11 is 13.1. The number of fused-ring (bicyclic) bond motifs is 1. The number of hydrogen-bond donors (Lipinski definition) is 6. The number of allylic oxidation sites excluding steroid dienone is 1. The van der Waals surface area contributed by atoms with Crippen molar-refractivity contribution in [2.45, 2.75) is 69.3 Å². The topological polar surface area (TPSA) is 318 Å². The van der Waals surface area contributed by atoms with E-state index in [1.54, 1.807) is 11.0 Å². The molecule has 4 saturated heterocycles. The number of carbonyl (C=O) groups excluding carboxylic acids is 4. The van der Waals surface area contributed by atoms with Crippen LogP contribution < -0.4 is 32.4 Å². The van der Waals surface area contributed by atoms with Gasteiger partial charge in [-0.3, -0.25) is 24.2 Å². The van der Waals surface area contributed by atoms with Crippen LogP contribution in [0.3, 0.4) is 0 Å². The van der Waals surface area contributed by atoms with Crippen LogP contribution in [0.25, 0.3) is 10.9 Å². The summed E-state index contributed by atoms with van der Waals surface area (Å²) in [7, 11) is -4.34. The zero-order valence-electron chi connectivity index (χ0n) is 41.2. The highest BCUT2D eigenvalue weighted by molar-refractivity contribution is 7.89. The number of guanidine groups is 2. The fourth-order valence-electron chi connectivity index (χ4n) is 7.93. The van der Waals surface area contributed by atoms with Gasteiger partial charge in [0, 0.05) is 99.7 Å². The number of carboxylic acid groups (broad SMARTS) is 1. The Morgan fingerprint density at radius 3 is 2.01 bits per heavy atom. The van der Waals surface area contributed by atoms with Gasteiger partial charge in [0.25, 0.3) is 0 Å². The zero-order chi connectivity index (χ0) is 55.2. The van der Waals surface area contributed by atoms with Gasteiger partial charge in [0.05, 0.1) is 10.7 Å². The van der Waals surface area contributed by atoms with E-state index in [0.717, 1.165) is 50.3 Å². The molecule has 5 aliphatic rings. The monoisotopic (exact) mass is 1110 g/mol. The number of unbranched alkanes of at least 4 members (excludes halogenated alkanes) is 1. The van der Waals surface area contributed by atoms with Crippen molar-refractivity contribution >= 4 is 85.4 Å². The number of aliphatic imine (C=N–C) groups is 2. The van der Waals surface area contributed by atoms with E-state index in [1.165, 1.54) is 37.0 Å². The van der Waals surface area contributed by atoms with Crippen LogP contribution in [0.1, 0.15) is 44.4 Å². The summed E-state index contributed by atoms with van der Waals surface area (Å²) in [6, 6.07) is 11.2. The molecule has 4 fully saturated rings. The molecule has 2 amide bonds. The van der Waals surface area contributed by atoms with Crippen LogP contribution in [0.2, 0.25) is 10.0 Å². The second-order valence-electron chi connectivity index (χ2n) is 18.3. The third-order valence-corrected chi connectivity index (χ3v) is 14.5. The third-order valence-electron chi connectivity index (χ3n) is 11.9. The second kappa shape index (κ2) is 23.8. The first-order chi connectivity index (χ1) is 35.2. The number of hydrogen-bond acceptors (Lipinski definition) is 14. The van der Waals surface area contributed by atoms with Crippen LogP contribution in [0, 0.1) is 6.92 Å². The summed E-state index contributed by atoms with van der Waals surface area (Å²) in [6.07, 6.45) is -1.94. The maximum Gasteiger partial charge on any atom is 0.490 e. The molecular weight excluding hydrogens is 1050 g/mol. The highest BCUT2D eigenvalue weighted by Gasteiger charge is 2.44. The average molecular weight is 1110 g/mol. The Balaban J connectivity index is 0.000000307. The van der Waals surface area contributed by atoms with Crippen LogP contribution in [-0.4, -0.2) is 174 Å². The van der Waals surface area contributed by atoms with Gasteiger partial charge in [-0.25, -0.2) is 23.2 Å². The molecule has 2 aromatic carbocycles. The molecule has 0 saturated carbocycles. The molecular formula is C47H58Cl2F3N13O9S. The van der Waals surface area contributed by atoms with Crippen molar-refractivity contribution in [1.82, 2.24) is 34.2 Å². The minimum absolute atomic E-state index is 0.00546. The van der Waals surface area contributed by atoms with Crippen molar-refractivity contribution in [1.29, 1.82) is 0 Å². The number of alkyl halides is 3. The van der Waals surface area contributed by atoms with Crippen molar-refractivity contribution in [2.24, 2.45) is 32.9 Å². The number of nitrogens with zero attached hydrogens (tertiary/aromatic N) is 8. The summed E-state index contributed by atoms with van der Waals surface area (Å²) < 4.78 is 67.7. The van der Waals surface area contributed by atoms with Crippen LogP contribution in [0.5, 0.6) is 5.75 Å². The first-order valence-electron chi connectivity index (χ1n) is 23.5. The largest absolute Gasteiger partial charge is 0.490 e. The summed E-state index contributed by atoms with van der Waals surface area (Å²) in [4.78, 5) is 81.8. The van der Waals surface area contributed by atoms with Crippen LogP contribution >= 0.6 is 23.2 Å². The number of pyridine rings is 1. The quantitative estimate of drug-likeness (QED) is 0.0370. The maximum absolute atomic E-state index is 13.7. The average Bonchev–Trinajstić information content (AvgIpc) is 4.16. The van der Waals surface area contributed by atoms with E-state index in [-0.39, 0.29) is 82.7 Å². The molecule has 8 rings (SSSR count). The Morgan fingerprint density at radius 2 is 1.44 bits per heavy atom. The normalized spacial score (nSPS) is 16.7. The van der Waals surface area contributed by atoms with Crippen molar-refractivity contribution in [3.05, 3.63) is 86.9 Å². The van der Waals surface area contributed by atoms with Gasteiger partial charge >= 0.3 is 12.1 Å². The number of aromatic nitrogens is 1. The standard InChI is InChI=1S/C33H44Cl2N10O5S.C12H13N3O2.C2HF3O2/c1-20-10-11-21-7-6-9-25(28(21)41-20)50-19-22-23(34)12-13-26(27(22)35)51(48,49)43-33(2,3)30(47)45-17-15-44(16-18-45)29(46)24(42-32(38)39)8-4-5-14-40-31(36)37;16-9-7-8(13-1-2-13)12(17)11(15-5-6-15)10(9)14-3-4-14;3-2(4,5)1(6)7/h6-7,9-13,24,43H,4-5,8,14-19H2,1-3H3,(H4,36,37,40)(H4,38,39,42);7H,1-6H2;(H,6,7). The number of amides is 2. The fraction of sp³-hybridized carbons (Fsp3) is 0.447. The smallest absolute Gasteiger partial charge is 0.487 e. The lowest BCUT2D eigenvalue weighted by Crippen LogP contribution is -2.60. The van der Waals surface area contributed by atoms with Gasteiger partial charge in [-0.15, -0.1) is 0 Å². The Hall–Kier alpha value is -6.90. The minimum Gasteiger partial charge on any atom is -0.487 e. The number of ketones is 2. The number of nitrogens with two attached hydrogens (primary N) is 4. The van der Waals surface area contributed by atoms with Crippen molar-refractivity contribution in [3.63, 3.8) is 0 Å². The third kappa shape index (κ3) is 15.1. The molecule has 1 atom stereocenters. The highest BCUT2D eigenvalue weighted by Crippen LogP contribution is 2.36. The fourth-order valence-corrected chi connectivity index (χ4v) is 10.2. The number of Topliss-reactive ketones (excluding diaryl/α,β-unsaturated/α-hetero) is 1. The number of benzene rings is 2. The molecule has 406 valence electrons. The molecule has 5 heterocycles. The zero-order valence-corrected chi connectivity index (χ0v) is 43.5. The Kier molecular flexibility index (Phi) is 18.2. The van der Waals surface area contributed by atoms with E-state index < -0.39 is 39.7 Å². The number of nitrogens with one attached hydrogen (secondary N) is 1. The van der Waals surface area contributed by atoms with Gasteiger partial charge in [-0.1, -0.05) is 41.4 Å². The molecule has 22 nitrogen and oxygen atoms in total. The Labute approximate surface area is 440 Å². The van der Waals surface area contributed by atoms with E-state index in [1.807, 2.05) is 45.9 Å². The number of aryl methyl sites for hydroxylation is 1. The second-order valence-corrected chi connectivity index (χ2v) is 20.7.